The van der Waals surface area contributed by atoms with Gasteiger partial charge in [-0.3, -0.25) is 15.4 Å². The molecule has 0 aliphatic heterocycles. The lowest BCUT2D eigenvalue weighted by atomic mass is 9.78. The minimum absolute atomic E-state index is 0.119. The van der Waals surface area contributed by atoms with Gasteiger partial charge in [0.2, 0.25) is 5.91 Å². The van der Waals surface area contributed by atoms with Crippen molar-refractivity contribution in [3.63, 3.8) is 0 Å². The third kappa shape index (κ3) is 19.6. The van der Waals surface area contributed by atoms with E-state index in [0.717, 1.165) is 68.0 Å². The number of carbonyl (C=O) groups excluding carboxylic acids is 2. The number of carboxylic acid groups (broad SMARTS) is 2. The molecule has 10 heteroatoms. The van der Waals surface area contributed by atoms with Crippen molar-refractivity contribution < 1.29 is 29.4 Å². The largest absolute Gasteiger partial charge is 0.465 e. The van der Waals surface area contributed by atoms with Gasteiger partial charge in [0, 0.05) is 6.42 Å². The van der Waals surface area contributed by atoms with Gasteiger partial charge in [0.25, 0.3) is 0 Å². The van der Waals surface area contributed by atoms with Crippen LogP contribution in [0.3, 0.4) is 0 Å². The standard InChI is InChI=1S/C52H70N4O6/c57-41-47(38-43-29-19-14-20-30-43)53-36-26-12-10-8-6-4-2-1-3-5-7-9-11-25-35-46(37-42-27-17-13-18-28-42)52(56-51(61)62,40-45-33-23-16-24-34-45)55-48(49(58)54-50(59)60)39-44-31-21-15-22-32-44/h13-24,27-34,41,46-48,53,55-56H,1-12,25-26,35-40H2,(H,54,58)(H,59,60)(H,61,62)/t46-,47?,48-,52?/m0/s1. The van der Waals surface area contributed by atoms with Crippen molar-refractivity contribution in [2.24, 2.45) is 5.92 Å². The molecular weight excluding hydrogens is 777 g/mol. The number of hydrogen-bond acceptors (Lipinski definition) is 6. The molecule has 0 fully saturated rings. The highest BCUT2D eigenvalue weighted by molar-refractivity contribution is 5.94. The smallest absolute Gasteiger partial charge is 0.411 e. The van der Waals surface area contributed by atoms with Gasteiger partial charge >= 0.3 is 12.2 Å². The maximum Gasteiger partial charge on any atom is 0.411 e. The van der Waals surface area contributed by atoms with Gasteiger partial charge in [-0.25, -0.2) is 9.59 Å². The van der Waals surface area contributed by atoms with Gasteiger partial charge in [0.1, 0.15) is 11.9 Å². The maximum atomic E-state index is 13.6. The summed E-state index contributed by atoms with van der Waals surface area (Å²) in [6.45, 7) is 0.880. The molecule has 0 aromatic heterocycles. The molecule has 0 radical (unpaired) electrons. The molecule has 62 heavy (non-hydrogen) atoms. The second-order valence-corrected chi connectivity index (χ2v) is 16.8. The number of unbranched alkanes of at least 4 members (excludes halogenated alkanes) is 13. The first-order valence-electron chi connectivity index (χ1n) is 22.9. The average Bonchev–Trinajstić information content (AvgIpc) is 3.27. The maximum absolute atomic E-state index is 13.6. The highest BCUT2D eigenvalue weighted by Crippen LogP contribution is 2.31. The number of hydrogen-bond donors (Lipinski definition) is 6. The molecule has 4 rings (SSSR count). The monoisotopic (exact) mass is 847 g/mol. The van der Waals surface area contributed by atoms with E-state index in [1.165, 1.54) is 63.4 Å². The Morgan fingerprint density at radius 3 is 1.39 bits per heavy atom. The SMILES string of the molecule is O=CC(Cc1ccccc1)NCCCCCCCCCCCCCCCC[C@@H](Cc1ccccc1)C(Cc1ccccc1)(NC(=O)O)N[C@@H](Cc1ccccc1)C(=O)NC(=O)O. The van der Waals surface area contributed by atoms with E-state index in [4.69, 9.17) is 0 Å². The van der Waals surface area contributed by atoms with Crippen LogP contribution in [0.25, 0.3) is 0 Å². The first-order valence-corrected chi connectivity index (χ1v) is 22.9. The van der Waals surface area contributed by atoms with Crippen molar-refractivity contribution in [1.82, 2.24) is 21.3 Å². The fourth-order valence-corrected chi connectivity index (χ4v) is 8.55. The van der Waals surface area contributed by atoms with Gasteiger partial charge in [0.15, 0.2) is 0 Å². The second-order valence-electron chi connectivity index (χ2n) is 16.8. The molecule has 334 valence electrons. The quantitative estimate of drug-likeness (QED) is 0.0161. The van der Waals surface area contributed by atoms with Crippen LogP contribution in [0.15, 0.2) is 121 Å². The van der Waals surface area contributed by atoms with Gasteiger partial charge in [-0.1, -0.05) is 205 Å². The van der Waals surface area contributed by atoms with E-state index in [2.05, 4.69) is 28.1 Å². The number of aldehydes is 1. The van der Waals surface area contributed by atoms with Gasteiger partial charge in [-0.2, -0.15) is 0 Å². The Kier molecular flexibility index (Phi) is 23.1. The van der Waals surface area contributed by atoms with Crippen molar-refractivity contribution in [1.29, 1.82) is 0 Å². The van der Waals surface area contributed by atoms with E-state index in [0.29, 0.717) is 12.8 Å². The lowest BCUT2D eigenvalue weighted by molar-refractivity contribution is -0.123. The molecule has 0 bridgehead atoms. The van der Waals surface area contributed by atoms with Crippen LogP contribution in [-0.2, 0) is 35.3 Å². The number of carbonyl (C=O) groups is 4. The molecule has 10 nitrogen and oxygen atoms in total. The van der Waals surface area contributed by atoms with E-state index >= 15 is 0 Å². The Morgan fingerprint density at radius 2 is 0.935 bits per heavy atom. The summed E-state index contributed by atoms with van der Waals surface area (Å²) in [5.41, 5.74) is 2.61. The van der Waals surface area contributed by atoms with Crippen LogP contribution < -0.4 is 21.3 Å². The van der Waals surface area contributed by atoms with Gasteiger partial charge in [-0.15, -0.1) is 0 Å². The summed E-state index contributed by atoms with van der Waals surface area (Å²) in [7, 11) is 0. The molecule has 4 aromatic carbocycles. The Bertz CT molecular complexity index is 1830. The molecule has 0 saturated carbocycles. The Morgan fingerprint density at radius 1 is 0.516 bits per heavy atom. The average molecular weight is 847 g/mol. The summed E-state index contributed by atoms with van der Waals surface area (Å²) in [4.78, 5) is 49.6. The zero-order valence-corrected chi connectivity index (χ0v) is 36.5. The van der Waals surface area contributed by atoms with Crippen LogP contribution in [0.1, 0.15) is 119 Å². The second kappa shape index (κ2) is 29.1. The lowest BCUT2D eigenvalue weighted by Gasteiger charge is -2.44. The van der Waals surface area contributed by atoms with Crippen molar-refractivity contribution in [3.05, 3.63) is 144 Å². The Labute approximate surface area is 369 Å². The predicted octanol–water partition coefficient (Wildman–Crippen LogP) is 10.3. The third-order valence-corrected chi connectivity index (χ3v) is 11.8. The van der Waals surface area contributed by atoms with E-state index in [9.17, 15) is 29.4 Å². The zero-order valence-electron chi connectivity index (χ0n) is 36.5. The Balaban J connectivity index is 1.26. The zero-order chi connectivity index (χ0) is 44.1. The molecule has 0 aliphatic rings. The third-order valence-electron chi connectivity index (χ3n) is 11.8. The summed E-state index contributed by atoms with van der Waals surface area (Å²) in [5, 5.41) is 31.8. The first-order chi connectivity index (χ1) is 30.3. The number of nitrogens with one attached hydrogen (secondary N) is 4. The summed E-state index contributed by atoms with van der Waals surface area (Å²) in [6.07, 6.45) is 17.2. The van der Waals surface area contributed by atoms with Gasteiger partial charge in [-0.05, 0) is 66.8 Å². The van der Waals surface area contributed by atoms with Crippen LogP contribution in [0, 0.1) is 5.92 Å². The molecule has 0 saturated heterocycles. The number of benzene rings is 4. The minimum Gasteiger partial charge on any atom is -0.465 e. The summed E-state index contributed by atoms with van der Waals surface area (Å²) in [5.74, 6) is -1.03. The van der Waals surface area contributed by atoms with Crippen LogP contribution >= 0.6 is 0 Å². The Hall–Kier alpha value is -5.32. The minimum atomic E-state index is -1.47. The molecule has 0 heterocycles. The summed E-state index contributed by atoms with van der Waals surface area (Å²) < 4.78 is 0. The highest BCUT2D eigenvalue weighted by Gasteiger charge is 2.43. The molecular formula is C52H70N4O6. The van der Waals surface area contributed by atoms with E-state index in [1.807, 2.05) is 115 Å². The van der Waals surface area contributed by atoms with Gasteiger partial charge < -0.3 is 25.6 Å². The van der Waals surface area contributed by atoms with Crippen LogP contribution in [0.5, 0.6) is 0 Å². The fourth-order valence-electron chi connectivity index (χ4n) is 8.55. The summed E-state index contributed by atoms with van der Waals surface area (Å²) in [6, 6.07) is 37.9. The van der Waals surface area contributed by atoms with E-state index in [1.54, 1.807) is 0 Å². The first kappa shape index (κ1) is 49.3. The number of imide groups is 1. The molecule has 0 spiro atoms. The van der Waals surface area contributed by atoms with E-state index < -0.39 is 29.8 Å². The number of rotatable bonds is 32. The molecule has 2 unspecified atom stereocenters. The topological polar surface area (TPSA) is 157 Å². The van der Waals surface area contributed by atoms with Crippen molar-refractivity contribution >= 4 is 24.4 Å². The van der Waals surface area contributed by atoms with Crippen molar-refractivity contribution in [2.75, 3.05) is 6.54 Å². The fraction of sp³-hybridized carbons (Fsp3) is 0.462. The van der Waals surface area contributed by atoms with E-state index in [-0.39, 0.29) is 24.8 Å². The van der Waals surface area contributed by atoms with Crippen LogP contribution in [0.4, 0.5) is 9.59 Å². The van der Waals surface area contributed by atoms with Crippen LogP contribution in [0.2, 0.25) is 0 Å². The highest BCUT2D eigenvalue weighted by atomic mass is 16.4. The van der Waals surface area contributed by atoms with Crippen molar-refractivity contribution in [2.45, 2.75) is 140 Å². The molecule has 4 aromatic rings. The molecule has 3 amide bonds. The summed E-state index contributed by atoms with van der Waals surface area (Å²) >= 11 is 0. The molecule has 4 atom stereocenters. The van der Waals surface area contributed by atoms with Crippen LogP contribution in [-0.4, -0.2) is 58.9 Å². The molecule has 6 N–H and O–H groups in total. The van der Waals surface area contributed by atoms with Crippen molar-refractivity contribution in [3.8, 4) is 0 Å². The van der Waals surface area contributed by atoms with Gasteiger partial charge in [0.05, 0.1) is 12.1 Å². The molecule has 0 aliphatic carbocycles. The normalized spacial score (nSPS) is 13.6. The number of amides is 3. The lowest BCUT2D eigenvalue weighted by Crippen LogP contribution is -2.69. The predicted molar refractivity (Wildman–Crippen MR) is 248 cm³/mol.